The third-order valence-electron chi connectivity index (χ3n) is 7.58. The lowest BCUT2D eigenvalue weighted by Gasteiger charge is -2.35. The van der Waals surface area contributed by atoms with Crippen molar-refractivity contribution in [3.63, 3.8) is 0 Å². The molecular formula is C37H42ClN3O6S. The highest BCUT2D eigenvalue weighted by molar-refractivity contribution is 7.92. The topological polar surface area (TPSA) is 105 Å². The van der Waals surface area contributed by atoms with Crippen LogP contribution in [0, 0.1) is 6.92 Å². The molecule has 4 aromatic rings. The van der Waals surface area contributed by atoms with Crippen molar-refractivity contribution in [3.8, 4) is 11.5 Å². The van der Waals surface area contributed by atoms with Crippen molar-refractivity contribution >= 4 is 39.1 Å². The minimum Gasteiger partial charge on any atom is -0.497 e. The molecule has 48 heavy (non-hydrogen) atoms. The highest BCUT2D eigenvalue weighted by Crippen LogP contribution is 2.36. The van der Waals surface area contributed by atoms with E-state index in [0.717, 1.165) is 15.4 Å². The molecule has 1 atom stereocenters. The van der Waals surface area contributed by atoms with Gasteiger partial charge in [-0.15, -0.1) is 0 Å². The van der Waals surface area contributed by atoms with E-state index in [0.29, 0.717) is 16.3 Å². The van der Waals surface area contributed by atoms with E-state index in [9.17, 15) is 18.0 Å². The third kappa shape index (κ3) is 9.29. The van der Waals surface area contributed by atoms with Gasteiger partial charge in [0.25, 0.3) is 10.0 Å². The first-order chi connectivity index (χ1) is 22.7. The second-order valence-corrected chi connectivity index (χ2v) is 14.8. The number of sulfonamides is 1. The predicted molar refractivity (Wildman–Crippen MR) is 189 cm³/mol. The number of aryl methyl sites for hydroxylation is 1. The first-order valence-corrected chi connectivity index (χ1v) is 17.2. The van der Waals surface area contributed by atoms with Crippen LogP contribution in [0.3, 0.4) is 0 Å². The van der Waals surface area contributed by atoms with Crippen LogP contribution in [-0.2, 0) is 32.6 Å². The molecule has 9 nitrogen and oxygen atoms in total. The Morgan fingerprint density at radius 3 is 2.08 bits per heavy atom. The van der Waals surface area contributed by atoms with Gasteiger partial charge in [-0.05, 0) is 75.2 Å². The van der Waals surface area contributed by atoms with E-state index in [1.54, 1.807) is 48.5 Å². The number of nitrogens with zero attached hydrogens (tertiary/aromatic N) is 2. The summed E-state index contributed by atoms with van der Waals surface area (Å²) in [6, 6.07) is 26.4. The molecule has 0 aliphatic heterocycles. The molecule has 1 N–H and O–H groups in total. The number of halogens is 1. The number of hydrogen-bond donors (Lipinski definition) is 1. The van der Waals surface area contributed by atoms with Crippen molar-refractivity contribution < 1.29 is 27.5 Å². The lowest BCUT2D eigenvalue weighted by molar-refractivity contribution is -0.140. The van der Waals surface area contributed by atoms with Crippen LogP contribution in [0.2, 0.25) is 5.02 Å². The molecule has 0 aromatic heterocycles. The lowest BCUT2D eigenvalue weighted by Crippen LogP contribution is -2.56. The molecule has 0 saturated carbocycles. The quantitative estimate of drug-likeness (QED) is 0.174. The molecule has 254 valence electrons. The molecule has 0 spiro atoms. The fourth-order valence-electron chi connectivity index (χ4n) is 5.14. The first kappa shape index (κ1) is 36.3. The first-order valence-electron chi connectivity index (χ1n) is 15.4. The Hall–Kier alpha value is -4.54. The van der Waals surface area contributed by atoms with Crippen LogP contribution >= 0.6 is 11.6 Å². The van der Waals surface area contributed by atoms with Crippen LogP contribution in [0.5, 0.6) is 11.5 Å². The Balaban J connectivity index is 1.88. The van der Waals surface area contributed by atoms with Crippen molar-refractivity contribution in [2.24, 2.45) is 0 Å². The normalized spacial score (nSPS) is 12.1. The molecule has 4 rings (SSSR count). The molecule has 0 saturated heterocycles. The van der Waals surface area contributed by atoms with Crippen molar-refractivity contribution in [2.75, 3.05) is 25.1 Å². The third-order valence-corrected chi connectivity index (χ3v) is 9.60. The molecule has 0 radical (unpaired) electrons. The summed E-state index contributed by atoms with van der Waals surface area (Å²) in [5.74, 6) is -0.391. The second-order valence-electron chi connectivity index (χ2n) is 12.5. The summed E-state index contributed by atoms with van der Waals surface area (Å²) in [6.07, 6.45) is 0.190. The molecule has 0 aliphatic carbocycles. The summed E-state index contributed by atoms with van der Waals surface area (Å²) in [5, 5.41) is 3.54. The fraction of sp³-hybridized carbons (Fsp3) is 0.297. The zero-order chi connectivity index (χ0) is 35.1. The van der Waals surface area contributed by atoms with Crippen LogP contribution in [-0.4, -0.2) is 57.5 Å². The molecular weight excluding hydrogens is 650 g/mol. The summed E-state index contributed by atoms with van der Waals surface area (Å²) in [5.41, 5.74) is 1.92. The van der Waals surface area contributed by atoms with Gasteiger partial charge in [0, 0.05) is 29.6 Å². The number of anilines is 1. The zero-order valence-electron chi connectivity index (χ0n) is 28.1. The summed E-state index contributed by atoms with van der Waals surface area (Å²) in [6.45, 7) is 6.81. The van der Waals surface area contributed by atoms with Crippen LogP contribution in [0.25, 0.3) is 0 Å². The Kier molecular flexibility index (Phi) is 11.8. The van der Waals surface area contributed by atoms with Gasteiger partial charge < -0.3 is 19.7 Å². The van der Waals surface area contributed by atoms with Crippen LogP contribution in [0.15, 0.2) is 102 Å². The van der Waals surface area contributed by atoms with Gasteiger partial charge >= 0.3 is 0 Å². The maximum atomic E-state index is 14.7. The number of methoxy groups -OCH3 is 2. The van der Waals surface area contributed by atoms with E-state index in [4.69, 9.17) is 21.1 Å². The van der Waals surface area contributed by atoms with Gasteiger partial charge in [-0.1, -0.05) is 71.8 Å². The highest BCUT2D eigenvalue weighted by Gasteiger charge is 2.36. The fourth-order valence-corrected chi connectivity index (χ4v) is 6.68. The molecule has 11 heteroatoms. The number of carbonyl (C=O) groups is 2. The largest absolute Gasteiger partial charge is 0.497 e. The Morgan fingerprint density at radius 1 is 0.854 bits per heavy atom. The molecule has 0 unspecified atom stereocenters. The molecule has 2 amide bonds. The van der Waals surface area contributed by atoms with Gasteiger partial charge in [-0.25, -0.2) is 8.42 Å². The summed E-state index contributed by atoms with van der Waals surface area (Å²) >= 11 is 6.17. The molecule has 0 bridgehead atoms. The Labute approximate surface area is 288 Å². The number of benzene rings is 4. The number of amides is 2. The molecule has 4 aromatic carbocycles. The standard InChI is InChI=1S/C37H42ClN3O6S/c1-26-12-19-31(20-13-26)48(44,45)41(32-23-30(46-5)18-21-34(32)47-6)25-35(42)40(24-28-14-16-29(38)17-15-28)33(36(43)39-37(2,3)4)22-27-10-8-7-9-11-27/h7-21,23,33H,22,24-25H2,1-6H3,(H,39,43)/t33-/m0/s1. The van der Waals surface area contributed by atoms with Gasteiger partial charge in [0.1, 0.15) is 24.1 Å². The summed E-state index contributed by atoms with van der Waals surface area (Å²) in [4.78, 5) is 30.2. The van der Waals surface area contributed by atoms with Crippen molar-refractivity contribution in [3.05, 3.63) is 119 Å². The van der Waals surface area contributed by atoms with Gasteiger partial charge in [-0.2, -0.15) is 0 Å². The Morgan fingerprint density at radius 2 is 1.50 bits per heavy atom. The van der Waals surface area contributed by atoms with Crippen molar-refractivity contribution in [1.29, 1.82) is 0 Å². The van der Waals surface area contributed by atoms with E-state index < -0.39 is 34.1 Å². The van der Waals surface area contributed by atoms with Gasteiger partial charge in [0.05, 0.1) is 24.8 Å². The average Bonchev–Trinajstić information content (AvgIpc) is 3.05. The lowest BCUT2D eigenvalue weighted by atomic mass is 10.0. The number of rotatable bonds is 13. The van der Waals surface area contributed by atoms with E-state index in [2.05, 4.69) is 5.32 Å². The van der Waals surface area contributed by atoms with Crippen LogP contribution < -0.4 is 19.1 Å². The molecule has 0 heterocycles. The smallest absolute Gasteiger partial charge is 0.264 e. The van der Waals surface area contributed by atoms with E-state index >= 15 is 0 Å². The SMILES string of the molecule is COc1ccc(OC)c(N(CC(=O)N(Cc2ccc(Cl)cc2)[C@@H](Cc2ccccc2)C(=O)NC(C)(C)C)S(=O)(=O)c2ccc(C)cc2)c1. The second kappa shape index (κ2) is 15.6. The summed E-state index contributed by atoms with van der Waals surface area (Å²) < 4.78 is 40.8. The minimum atomic E-state index is -4.34. The van der Waals surface area contributed by atoms with Crippen LogP contribution in [0.1, 0.15) is 37.5 Å². The maximum Gasteiger partial charge on any atom is 0.264 e. The summed E-state index contributed by atoms with van der Waals surface area (Å²) in [7, 11) is -1.45. The van der Waals surface area contributed by atoms with E-state index in [1.165, 1.54) is 37.3 Å². The van der Waals surface area contributed by atoms with Gasteiger partial charge in [0.15, 0.2) is 0 Å². The molecule has 0 fully saturated rings. The van der Waals surface area contributed by atoms with Gasteiger partial charge in [-0.3, -0.25) is 13.9 Å². The number of nitrogens with one attached hydrogen (secondary N) is 1. The number of hydrogen-bond acceptors (Lipinski definition) is 6. The van der Waals surface area contributed by atoms with Gasteiger partial charge in [0.2, 0.25) is 11.8 Å². The Bertz CT molecular complexity index is 1810. The minimum absolute atomic E-state index is 0.0126. The monoisotopic (exact) mass is 691 g/mol. The number of carbonyl (C=O) groups excluding carboxylic acids is 2. The van der Waals surface area contributed by atoms with E-state index in [-0.39, 0.29) is 35.2 Å². The predicted octanol–water partition coefficient (Wildman–Crippen LogP) is 6.42. The van der Waals surface area contributed by atoms with Crippen LogP contribution in [0.4, 0.5) is 5.69 Å². The van der Waals surface area contributed by atoms with Crippen molar-refractivity contribution in [2.45, 2.75) is 57.1 Å². The van der Waals surface area contributed by atoms with E-state index in [1.807, 2.05) is 58.0 Å². The zero-order valence-corrected chi connectivity index (χ0v) is 29.6. The number of ether oxygens (including phenoxy) is 2. The highest BCUT2D eigenvalue weighted by atomic mass is 35.5. The maximum absolute atomic E-state index is 14.7. The van der Waals surface area contributed by atoms with Crippen molar-refractivity contribution in [1.82, 2.24) is 10.2 Å². The molecule has 0 aliphatic rings. The average molecular weight is 692 g/mol.